The zero-order valence-corrected chi connectivity index (χ0v) is 15.7. The van der Waals surface area contributed by atoms with Crippen LogP contribution in [0.1, 0.15) is 12.0 Å². The molecule has 0 unspecified atom stereocenters. The van der Waals surface area contributed by atoms with E-state index >= 15 is 0 Å². The smallest absolute Gasteiger partial charge is 0.227 e. The Morgan fingerprint density at radius 3 is 2.73 bits per heavy atom. The van der Waals surface area contributed by atoms with Gasteiger partial charge in [-0.05, 0) is 18.4 Å². The Balaban J connectivity index is 1.50. The van der Waals surface area contributed by atoms with Crippen LogP contribution in [0.3, 0.4) is 0 Å². The van der Waals surface area contributed by atoms with Gasteiger partial charge in [0.05, 0.1) is 31.2 Å². The van der Waals surface area contributed by atoms with E-state index in [2.05, 4.69) is 10.4 Å². The van der Waals surface area contributed by atoms with Crippen molar-refractivity contribution in [3.8, 4) is 0 Å². The maximum atomic E-state index is 12.8. The van der Waals surface area contributed by atoms with E-state index in [9.17, 15) is 9.59 Å². The van der Waals surface area contributed by atoms with Gasteiger partial charge in [0.1, 0.15) is 0 Å². The second-order valence-corrected chi connectivity index (χ2v) is 7.26. The number of aryl methyl sites for hydroxylation is 1. The number of aromatic nitrogens is 2. The van der Waals surface area contributed by atoms with Gasteiger partial charge >= 0.3 is 0 Å². The molecule has 2 fully saturated rings. The van der Waals surface area contributed by atoms with Gasteiger partial charge in [0.15, 0.2) is 0 Å². The zero-order chi connectivity index (χ0) is 18.5. The first-order valence-corrected chi connectivity index (χ1v) is 9.34. The van der Waals surface area contributed by atoms with E-state index in [0.29, 0.717) is 52.4 Å². The highest BCUT2D eigenvalue weighted by molar-refractivity contribution is 5.83. The van der Waals surface area contributed by atoms with Gasteiger partial charge in [0.2, 0.25) is 11.8 Å². The van der Waals surface area contributed by atoms with E-state index in [1.807, 2.05) is 31.4 Å². The number of carbonyl (C=O) groups excluding carboxylic acids is 2. The molecule has 0 bridgehead atoms. The highest BCUT2D eigenvalue weighted by Crippen LogP contribution is 2.21. The van der Waals surface area contributed by atoms with Crippen LogP contribution in [-0.2, 0) is 27.8 Å². The van der Waals surface area contributed by atoms with Crippen LogP contribution in [0, 0.1) is 11.8 Å². The first kappa shape index (κ1) is 18.8. The number of carbonyl (C=O) groups is 2. The Bertz CT molecular complexity index is 626. The summed E-state index contributed by atoms with van der Waals surface area (Å²) in [4.78, 5) is 29.1. The fourth-order valence-electron chi connectivity index (χ4n) is 3.68. The Labute approximate surface area is 154 Å². The summed E-state index contributed by atoms with van der Waals surface area (Å²) in [5.74, 6) is -0.00246. The molecule has 2 aliphatic rings. The monoisotopic (exact) mass is 363 g/mol. The molecule has 8 heteroatoms. The lowest BCUT2D eigenvalue weighted by atomic mass is 9.88. The number of rotatable bonds is 5. The van der Waals surface area contributed by atoms with Crippen molar-refractivity contribution in [1.82, 2.24) is 24.9 Å². The largest absolute Gasteiger partial charge is 0.378 e. The molecule has 2 saturated heterocycles. The molecule has 0 spiro atoms. The Hall–Kier alpha value is -1.93. The number of piperidine rings is 1. The number of hydrogen-bond donors (Lipinski definition) is 1. The molecule has 3 heterocycles. The third kappa shape index (κ3) is 4.62. The van der Waals surface area contributed by atoms with Gasteiger partial charge in [-0.1, -0.05) is 0 Å². The van der Waals surface area contributed by atoms with Crippen molar-refractivity contribution < 1.29 is 14.3 Å². The maximum Gasteiger partial charge on any atom is 0.227 e. The standard InChI is InChI=1S/C18H29N5O3/c1-21(4-3-14-10-20-22(2)13-14)17(24)15-9-16(12-19-11-15)18(25)23-5-7-26-8-6-23/h10,13,15-16,19H,3-9,11-12H2,1-2H3/t15-,16+/m0/s1. The summed E-state index contributed by atoms with van der Waals surface area (Å²) in [6.45, 7) is 4.46. The summed E-state index contributed by atoms with van der Waals surface area (Å²) in [5.41, 5.74) is 1.12. The number of amides is 2. The molecule has 3 rings (SSSR count). The van der Waals surface area contributed by atoms with Gasteiger partial charge < -0.3 is 19.9 Å². The molecule has 26 heavy (non-hydrogen) atoms. The van der Waals surface area contributed by atoms with Crippen molar-refractivity contribution in [3.05, 3.63) is 18.0 Å². The molecule has 0 radical (unpaired) electrons. The Kier molecular flexibility index (Phi) is 6.26. The molecule has 144 valence electrons. The highest BCUT2D eigenvalue weighted by Gasteiger charge is 2.34. The van der Waals surface area contributed by atoms with Gasteiger partial charge in [-0.2, -0.15) is 5.10 Å². The molecule has 8 nitrogen and oxygen atoms in total. The summed E-state index contributed by atoms with van der Waals surface area (Å²) in [5, 5.41) is 7.43. The van der Waals surface area contributed by atoms with E-state index in [1.54, 1.807) is 9.58 Å². The predicted octanol–water partition coefficient (Wildman–Crippen LogP) is -0.494. The third-order valence-electron chi connectivity index (χ3n) is 5.24. The van der Waals surface area contributed by atoms with E-state index in [1.165, 1.54) is 0 Å². The lowest BCUT2D eigenvalue weighted by Crippen LogP contribution is -2.51. The quantitative estimate of drug-likeness (QED) is 0.763. The molecule has 2 atom stereocenters. The maximum absolute atomic E-state index is 12.8. The van der Waals surface area contributed by atoms with Crippen LogP contribution in [0.5, 0.6) is 0 Å². The molecular formula is C18H29N5O3. The first-order valence-electron chi connectivity index (χ1n) is 9.34. The average molecular weight is 363 g/mol. The van der Waals surface area contributed by atoms with Crippen LogP contribution >= 0.6 is 0 Å². The zero-order valence-electron chi connectivity index (χ0n) is 15.7. The van der Waals surface area contributed by atoms with Crippen molar-refractivity contribution in [2.24, 2.45) is 18.9 Å². The average Bonchev–Trinajstić information content (AvgIpc) is 3.11. The predicted molar refractivity (Wildman–Crippen MR) is 96.4 cm³/mol. The molecule has 1 aromatic heterocycles. The second-order valence-electron chi connectivity index (χ2n) is 7.26. The van der Waals surface area contributed by atoms with E-state index in [-0.39, 0.29) is 23.7 Å². The topological polar surface area (TPSA) is 79.7 Å². The van der Waals surface area contributed by atoms with Crippen LogP contribution in [0.4, 0.5) is 0 Å². The Morgan fingerprint density at radius 2 is 2.04 bits per heavy atom. The van der Waals surface area contributed by atoms with Crippen molar-refractivity contribution in [1.29, 1.82) is 0 Å². The van der Waals surface area contributed by atoms with Crippen LogP contribution in [0.15, 0.2) is 12.4 Å². The Morgan fingerprint density at radius 1 is 1.31 bits per heavy atom. The molecular weight excluding hydrogens is 334 g/mol. The van der Waals surface area contributed by atoms with E-state index < -0.39 is 0 Å². The SMILES string of the molecule is CN(CCc1cnn(C)c1)C(=O)[C@@H]1CNC[C@H](C(=O)N2CCOCC2)C1. The third-order valence-corrected chi connectivity index (χ3v) is 5.24. The highest BCUT2D eigenvalue weighted by atomic mass is 16.5. The van der Waals surface area contributed by atoms with Crippen LogP contribution < -0.4 is 5.32 Å². The normalized spacial score (nSPS) is 23.7. The molecule has 1 aromatic rings. The van der Waals surface area contributed by atoms with Crippen LogP contribution in [0.2, 0.25) is 0 Å². The lowest BCUT2D eigenvalue weighted by molar-refractivity contribution is -0.142. The van der Waals surface area contributed by atoms with Crippen molar-refractivity contribution in [2.45, 2.75) is 12.8 Å². The number of likely N-dealkylation sites (N-methyl/N-ethyl adjacent to an activating group) is 1. The van der Waals surface area contributed by atoms with Gasteiger partial charge in [-0.15, -0.1) is 0 Å². The van der Waals surface area contributed by atoms with Gasteiger partial charge in [-0.3, -0.25) is 14.3 Å². The van der Waals surface area contributed by atoms with E-state index in [4.69, 9.17) is 4.74 Å². The van der Waals surface area contributed by atoms with Crippen LogP contribution in [-0.4, -0.2) is 84.4 Å². The van der Waals surface area contributed by atoms with Gasteiger partial charge in [0.25, 0.3) is 0 Å². The number of nitrogens with zero attached hydrogens (tertiary/aromatic N) is 4. The molecule has 0 aromatic carbocycles. The number of nitrogens with one attached hydrogen (secondary N) is 1. The minimum atomic E-state index is -0.141. The minimum Gasteiger partial charge on any atom is -0.378 e. The van der Waals surface area contributed by atoms with Crippen molar-refractivity contribution >= 4 is 11.8 Å². The molecule has 0 saturated carbocycles. The fraction of sp³-hybridized carbons (Fsp3) is 0.722. The summed E-state index contributed by atoms with van der Waals surface area (Å²) >= 11 is 0. The molecule has 2 amide bonds. The number of ether oxygens (including phenoxy) is 1. The first-order chi connectivity index (χ1) is 12.5. The molecule has 0 aliphatic carbocycles. The number of hydrogen-bond acceptors (Lipinski definition) is 5. The number of morpholine rings is 1. The van der Waals surface area contributed by atoms with Gasteiger partial charge in [0, 0.05) is 53.0 Å². The van der Waals surface area contributed by atoms with Crippen molar-refractivity contribution in [3.63, 3.8) is 0 Å². The molecule has 1 N–H and O–H groups in total. The van der Waals surface area contributed by atoms with Crippen LogP contribution in [0.25, 0.3) is 0 Å². The van der Waals surface area contributed by atoms with Crippen molar-refractivity contribution in [2.75, 3.05) is 53.0 Å². The van der Waals surface area contributed by atoms with Gasteiger partial charge in [-0.25, -0.2) is 0 Å². The summed E-state index contributed by atoms with van der Waals surface area (Å²) < 4.78 is 7.08. The van der Waals surface area contributed by atoms with E-state index in [0.717, 1.165) is 12.0 Å². The fourth-order valence-corrected chi connectivity index (χ4v) is 3.68. The molecule has 2 aliphatic heterocycles. The summed E-state index contributed by atoms with van der Waals surface area (Å²) in [6.07, 6.45) is 5.21. The summed E-state index contributed by atoms with van der Waals surface area (Å²) in [6, 6.07) is 0. The minimum absolute atomic E-state index is 0.112. The summed E-state index contributed by atoms with van der Waals surface area (Å²) in [7, 11) is 3.73. The second kappa shape index (κ2) is 8.64. The lowest BCUT2D eigenvalue weighted by Gasteiger charge is -2.35.